The summed E-state index contributed by atoms with van der Waals surface area (Å²) in [5.74, 6) is 0.275. The average molecular weight is 304 g/mol. The summed E-state index contributed by atoms with van der Waals surface area (Å²) in [5.41, 5.74) is 15.0. The fourth-order valence-corrected chi connectivity index (χ4v) is 2.65. The molecule has 0 aliphatic heterocycles. The highest BCUT2D eigenvalue weighted by atomic mass is 16.3. The molecule has 3 nitrogen and oxygen atoms in total. The van der Waals surface area contributed by atoms with Gasteiger partial charge in [0, 0.05) is 17.8 Å². The summed E-state index contributed by atoms with van der Waals surface area (Å²) in [5, 5.41) is 10.0. The van der Waals surface area contributed by atoms with Gasteiger partial charge in [-0.3, -0.25) is 0 Å². The molecule has 0 spiro atoms. The summed E-state index contributed by atoms with van der Waals surface area (Å²) in [6.07, 6.45) is 10.2. The Morgan fingerprint density at radius 1 is 1.05 bits per heavy atom. The van der Waals surface area contributed by atoms with Gasteiger partial charge in [-0.15, -0.1) is 0 Å². The molecule has 5 N–H and O–H groups in total. The molecule has 1 aromatic carbocycles. The lowest BCUT2D eigenvalue weighted by molar-refractivity contribution is 0.473. The van der Waals surface area contributed by atoms with E-state index in [1.165, 1.54) is 50.5 Å². The Bertz CT molecular complexity index is 480. The van der Waals surface area contributed by atoms with Gasteiger partial charge in [0.05, 0.1) is 0 Å². The quantitative estimate of drug-likeness (QED) is 0.563. The third-order valence-corrected chi connectivity index (χ3v) is 4.24. The molecule has 0 saturated heterocycles. The molecule has 0 fully saturated rings. The number of unbranched alkanes of at least 4 members (excludes halogenated alkanes) is 6. The number of phenolic OH excluding ortho intramolecular Hbond substituents is 1. The summed E-state index contributed by atoms with van der Waals surface area (Å²) in [6, 6.07) is 5.81. The SMILES string of the molecule is CCCCCCCCCc1ccc(O)c(C(C)=C(N)CN)c1. The minimum Gasteiger partial charge on any atom is -0.507 e. The molecule has 0 radical (unpaired) electrons. The van der Waals surface area contributed by atoms with Crippen molar-refractivity contribution in [1.29, 1.82) is 0 Å². The maximum atomic E-state index is 10.0. The van der Waals surface area contributed by atoms with Gasteiger partial charge in [-0.25, -0.2) is 0 Å². The molecule has 22 heavy (non-hydrogen) atoms. The van der Waals surface area contributed by atoms with E-state index in [0.29, 0.717) is 12.2 Å². The molecule has 124 valence electrons. The zero-order valence-electron chi connectivity index (χ0n) is 14.2. The van der Waals surface area contributed by atoms with Crippen LogP contribution in [0.3, 0.4) is 0 Å². The number of rotatable bonds is 10. The van der Waals surface area contributed by atoms with Gasteiger partial charge >= 0.3 is 0 Å². The van der Waals surface area contributed by atoms with Gasteiger partial charge in [-0.1, -0.05) is 51.5 Å². The van der Waals surface area contributed by atoms with Crippen LogP contribution in [0.4, 0.5) is 0 Å². The van der Waals surface area contributed by atoms with Crippen molar-refractivity contribution >= 4 is 5.57 Å². The smallest absolute Gasteiger partial charge is 0.123 e. The fourth-order valence-electron chi connectivity index (χ4n) is 2.65. The van der Waals surface area contributed by atoms with E-state index in [4.69, 9.17) is 11.5 Å². The maximum absolute atomic E-state index is 10.0. The summed E-state index contributed by atoms with van der Waals surface area (Å²) < 4.78 is 0. The first-order valence-electron chi connectivity index (χ1n) is 8.57. The van der Waals surface area contributed by atoms with E-state index in [9.17, 15) is 5.11 Å². The maximum Gasteiger partial charge on any atom is 0.123 e. The number of aromatic hydroxyl groups is 1. The van der Waals surface area contributed by atoms with Crippen LogP contribution in [0, 0.1) is 0 Å². The van der Waals surface area contributed by atoms with Crippen molar-refractivity contribution < 1.29 is 5.11 Å². The highest BCUT2D eigenvalue weighted by Crippen LogP contribution is 2.27. The van der Waals surface area contributed by atoms with Gasteiger partial charge in [0.1, 0.15) is 5.75 Å². The molecule has 1 aromatic rings. The Morgan fingerprint density at radius 2 is 1.68 bits per heavy atom. The van der Waals surface area contributed by atoms with E-state index in [1.54, 1.807) is 6.07 Å². The van der Waals surface area contributed by atoms with Crippen molar-refractivity contribution in [1.82, 2.24) is 0 Å². The van der Waals surface area contributed by atoms with Crippen LogP contribution in [0.2, 0.25) is 0 Å². The van der Waals surface area contributed by atoms with Crippen LogP contribution < -0.4 is 11.5 Å². The molecule has 0 aliphatic carbocycles. The van der Waals surface area contributed by atoms with Crippen molar-refractivity contribution in [2.75, 3.05) is 6.54 Å². The molecule has 3 heteroatoms. The molecule has 0 aromatic heterocycles. The second-order valence-corrected chi connectivity index (χ2v) is 6.08. The Balaban J connectivity index is 2.52. The molecular formula is C19H32N2O. The minimum atomic E-state index is 0.275. The molecule has 1 rings (SSSR count). The number of benzene rings is 1. The first-order valence-corrected chi connectivity index (χ1v) is 8.57. The number of nitrogens with two attached hydrogens (primary N) is 2. The topological polar surface area (TPSA) is 72.3 Å². The molecular weight excluding hydrogens is 272 g/mol. The van der Waals surface area contributed by atoms with Gasteiger partial charge in [0.15, 0.2) is 0 Å². The highest BCUT2D eigenvalue weighted by Gasteiger charge is 2.07. The van der Waals surface area contributed by atoms with Crippen LogP contribution in [-0.4, -0.2) is 11.7 Å². The third-order valence-electron chi connectivity index (χ3n) is 4.24. The van der Waals surface area contributed by atoms with E-state index in [1.807, 2.05) is 19.1 Å². The van der Waals surface area contributed by atoms with Gasteiger partial charge in [0.2, 0.25) is 0 Å². The zero-order chi connectivity index (χ0) is 16.4. The number of hydrogen-bond donors (Lipinski definition) is 3. The Labute approximate surface area is 135 Å². The second-order valence-electron chi connectivity index (χ2n) is 6.08. The lowest BCUT2D eigenvalue weighted by Gasteiger charge is -2.11. The molecule has 0 unspecified atom stereocenters. The van der Waals surface area contributed by atoms with E-state index in [0.717, 1.165) is 17.6 Å². The van der Waals surface area contributed by atoms with Gasteiger partial charge < -0.3 is 16.6 Å². The molecule has 0 atom stereocenters. The molecule has 0 amide bonds. The summed E-state index contributed by atoms with van der Waals surface area (Å²) in [7, 11) is 0. The second kappa shape index (κ2) is 10.3. The molecule has 0 heterocycles. The molecule has 0 aliphatic rings. The van der Waals surface area contributed by atoms with E-state index < -0.39 is 0 Å². The molecule has 0 saturated carbocycles. The predicted octanol–water partition coefficient (Wildman–Crippen LogP) is 4.33. The zero-order valence-corrected chi connectivity index (χ0v) is 14.2. The van der Waals surface area contributed by atoms with E-state index in [-0.39, 0.29) is 5.75 Å². The van der Waals surface area contributed by atoms with Crippen molar-refractivity contribution in [2.24, 2.45) is 11.5 Å². The van der Waals surface area contributed by atoms with Crippen molar-refractivity contribution in [3.8, 4) is 5.75 Å². The average Bonchev–Trinajstić information content (AvgIpc) is 2.54. The normalized spacial score (nSPS) is 12.3. The summed E-state index contributed by atoms with van der Waals surface area (Å²) in [6.45, 7) is 4.47. The Hall–Kier alpha value is -1.48. The largest absolute Gasteiger partial charge is 0.507 e. The first-order chi connectivity index (χ1) is 10.6. The number of allylic oxidation sites excluding steroid dienone is 1. The van der Waals surface area contributed by atoms with Crippen molar-refractivity contribution in [3.05, 3.63) is 35.0 Å². The van der Waals surface area contributed by atoms with E-state index >= 15 is 0 Å². The van der Waals surface area contributed by atoms with Crippen LogP contribution in [0.1, 0.15) is 69.9 Å². The van der Waals surface area contributed by atoms with Gasteiger partial charge in [-0.2, -0.15) is 0 Å². The van der Waals surface area contributed by atoms with Crippen molar-refractivity contribution in [2.45, 2.75) is 65.2 Å². The lowest BCUT2D eigenvalue weighted by Crippen LogP contribution is -2.12. The fraction of sp³-hybridized carbons (Fsp3) is 0.579. The Kier molecular flexibility index (Phi) is 8.68. The minimum absolute atomic E-state index is 0.275. The number of hydrogen-bond acceptors (Lipinski definition) is 3. The van der Waals surface area contributed by atoms with Crippen LogP contribution in [0.5, 0.6) is 5.75 Å². The first kappa shape index (κ1) is 18.6. The number of aryl methyl sites for hydroxylation is 1. The Morgan fingerprint density at radius 3 is 2.32 bits per heavy atom. The predicted molar refractivity (Wildman–Crippen MR) is 95.6 cm³/mol. The van der Waals surface area contributed by atoms with Crippen LogP contribution >= 0.6 is 0 Å². The number of phenols is 1. The highest BCUT2D eigenvalue weighted by molar-refractivity contribution is 5.71. The molecule has 0 bridgehead atoms. The third kappa shape index (κ3) is 6.10. The summed E-state index contributed by atoms with van der Waals surface area (Å²) >= 11 is 0. The lowest BCUT2D eigenvalue weighted by atomic mass is 9.98. The van der Waals surface area contributed by atoms with Crippen molar-refractivity contribution in [3.63, 3.8) is 0 Å². The van der Waals surface area contributed by atoms with Crippen LogP contribution in [0.15, 0.2) is 23.9 Å². The van der Waals surface area contributed by atoms with Gasteiger partial charge in [0.25, 0.3) is 0 Å². The standard InChI is InChI=1S/C19H32N2O/c1-3-4-5-6-7-8-9-10-16-11-12-19(22)17(13-16)15(2)18(21)14-20/h11-13,22H,3-10,14,20-21H2,1-2H3. The summed E-state index contributed by atoms with van der Waals surface area (Å²) in [4.78, 5) is 0. The van der Waals surface area contributed by atoms with Gasteiger partial charge in [-0.05, 0) is 43.0 Å². The van der Waals surface area contributed by atoms with Crippen LogP contribution in [0.25, 0.3) is 5.57 Å². The van der Waals surface area contributed by atoms with Crippen LogP contribution in [-0.2, 0) is 6.42 Å². The van der Waals surface area contributed by atoms with E-state index in [2.05, 4.69) is 6.92 Å². The monoisotopic (exact) mass is 304 g/mol.